The zero-order chi connectivity index (χ0) is 8.91. The minimum absolute atomic E-state index is 0.533. The topological polar surface area (TPSA) is 37.3 Å². The molecule has 0 rings (SSSR count). The number of carbonyl (C=O) groups is 1. The first-order valence-corrected chi connectivity index (χ1v) is 5.04. The Bertz CT molecular complexity index is 130. The van der Waals surface area contributed by atoms with Crippen LogP contribution in [0.4, 0.5) is 0 Å². The van der Waals surface area contributed by atoms with Crippen molar-refractivity contribution in [2.75, 3.05) is 5.33 Å². The van der Waals surface area contributed by atoms with Crippen molar-refractivity contribution in [3.8, 4) is 0 Å². The number of rotatable bonds is 5. The van der Waals surface area contributed by atoms with Crippen LogP contribution in [0.25, 0.3) is 0 Å². The summed E-state index contributed by atoms with van der Waals surface area (Å²) in [6.45, 7) is 3.93. The zero-order valence-electron chi connectivity index (χ0n) is 7.06. The van der Waals surface area contributed by atoms with Crippen molar-refractivity contribution in [2.24, 2.45) is 5.41 Å². The molecule has 0 radical (unpaired) electrons. The van der Waals surface area contributed by atoms with Crippen molar-refractivity contribution in [3.05, 3.63) is 0 Å². The van der Waals surface area contributed by atoms with E-state index in [2.05, 4.69) is 15.9 Å². The maximum atomic E-state index is 10.8. The lowest BCUT2D eigenvalue weighted by Gasteiger charge is -2.24. The van der Waals surface area contributed by atoms with E-state index in [-0.39, 0.29) is 0 Å². The summed E-state index contributed by atoms with van der Waals surface area (Å²) in [4.78, 5) is 10.8. The fourth-order valence-electron chi connectivity index (χ4n) is 1.13. The molecule has 0 amide bonds. The Hall–Kier alpha value is -0.0500. The van der Waals surface area contributed by atoms with Crippen LogP contribution in [0.1, 0.15) is 33.1 Å². The predicted octanol–water partition coefficient (Wildman–Crippen LogP) is 2.66. The summed E-state index contributed by atoms with van der Waals surface area (Å²) in [5.74, 6) is -0.682. The monoisotopic (exact) mass is 222 g/mol. The molecular weight excluding hydrogens is 208 g/mol. The highest BCUT2D eigenvalue weighted by Crippen LogP contribution is 2.30. The molecule has 1 atom stereocenters. The lowest BCUT2D eigenvalue weighted by Crippen LogP contribution is -2.31. The third-order valence-corrected chi connectivity index (χ3v) is 3.19. The Morgan fingerprint density at radius 3 is 2.18 bits per heavy atom. The molecule has 1 N–H and O–H groups in total. The summed E-state index contributed by atoms with van der Waals surface area (Å²) < 4.78 is 0. The van der Waals surface area contributed by atoms with Gasteiger partial charge in [-0.05, 0) is 12.8 Å². The van der Waals surface area contributed by atoms with E-state index in [1.54, 1.807) is 0 Å². The fourth-order valence-corrected chi connectivity index (χ4v) is 2.05. The summed E-state index contributed by atoms with van der Waals surface area (Å²) in [6, 6.07) is 0. The first-order valence-electron chi connectivity index (χ1n) is 3.92. The molecule has 11 heavy (non-hydrogen) atoms. The van der Waals surface area contributed by atoms with Crippen LogP contribution < -0.4 is 0 Å². The number of carboxylic acids is 1. The van der Waals surface area contributed by atoms with E-state index in [0.717, 1.165) is 12.8 Å². The summed E-state index contributed by atoms with van der Waals surface area (Å²) in [6.07, 6.45) is 2.37. The zero-order valence-corrected chi connectivity index (χ0v) is 8.65. The van der Waals surface area contributed by atoms with Crippen LogP contribution in [-0.4, -0.2) is 16.4 Å². The molecule has 0 saturated carbocycles. The molecule has 0 aliphatic rings. The molecular formula is C8H15BrO2. The average Bonchev–Trinajstić information content (AvgIpc) is 2.00. The van der Waals surface area contributed by atoms with Crippen molar-refractivity contribution in [1.82, 2.24) is 0 Å². The molecule has 3 heteroatoms. The van der Waals surface area contributed by atoms with Gasteiger partial charge in [-0.1, -0.05) is 36.2 Å². The predicted molar refractivity (Wildman–Crippen MR) is 49.1 cm³/mol. The fraction of sp³-hybridized carbons (Fsp3) is 0.875. The second kappa shape index (κ2) is 4.75. The first kappa shape index (κ1) is 11.0. The van der Waals surface area contributed by atoms with E-state index in [1.165, 1.54) is 0 Å². The van der Waals surface area contributed by atoms with E-state index in [0.29, 0.717) is 11.8 Å². The van der Waals surface area contributed by atoms with E-state index >= 15 is 0 Å². The highest BCUT2D eigenvalue weighted by Gasteiger charge is 2.34. The maximum absolute atomic E-state index is 10.8. The molecule has 0 fully saturated rings. The lowest BCUT2D eigenvalue weighted by atomic mass is 9.83. The number of alkyl halides is 1. The Kier molecular flexibility index (Phi) is 4.73. The number of hydrogen-bond donors (Lipinski definition) is 1. The third kappa shape index (κ3) is 2.47. The van der Waals surface area contributed by atoms with E-state index in [9.17, 15) is 4.79 Å². The second-order valence-corrected chi connectivity index (χ2v) is 3.38. The number of halogens is 1. The molecule has 66 valence electrons. The minimum atomic E-state index is -0.682. The van der Waals surface area contributed by atoms with E-state index in [4.69, 9.17) is 5.11 Å². The number of hydrogen-bond acceptors (Lipinski definition) is 1. The Labute approximate surface area is 76.1 Å². The third-order valence-electron chi connectivity index (χ3n) is 2.11. The van der Waals surface area contributed by atoms with Crippen LogP contribution in [0.3, 0.4) is 0 Å². The summed E-state index contributed by atoms with van der Waals surface area (Å²) in [5, 5.41) is 9.48. The van der Waals surface area contributed by atoms with Gasteiger partial charge in [-0.15, -0.1) is 0 Å². The SMILES string of the molecule is CCCC(CC)(CBr)C(=O)O. The van der Waals surface area contributed by atoms with Crippen molar-refractivity contribution in [1.29, 1.82) is 0 Å². The molecule has 0 aliphatic carbocycles. The van der Waals surface area contributed by atoms with Gasteiger partial charge >= 0.3 is 5.97 Å². The molecule has 0 aliphatic heterocycles. The summed E-state index contributed by atoms with van der Waals surface area (Å²) in [5.41, 5.74) is -0.533. The van der Waals surface area contributed by atoms with E-state index in [1.807, 2.05) is 13.8 Å². The molecule has 0 aromatic carbocycles. The van der Waals surface area contributed by atoms with Crippen LogP contribution in [0.5, 0.6) is 0 Å². The first-order chi connectivity index (χ1) is 5.13. The van der Waals surface area contributed by atoms with Gasteiger partial charge in [0.2, 0.25) is 0 Å². The standard InChI is InChI=1S/C8H15BrO2/c1-3-5-8(4-2,6-9)7(10)11/h3-6H2,1-2H3,(H,10,11). The molecule has 0 heterocycles. The molecule has 0 aromatic rings. The van der Waals surface area contributed by atoms with Crippen LogP contribution in [-0.2, 0) is 4.79 Å². The molecule has 0 spiro atoms. The van der Waals surface area contributed by atoms with Gasteiger partial charge in [0.15, 0.2) is 0 Å². The summed E-state index contributed by atoms with van der Waals surface area (Å²) in [7, 11) is 0. The van der Waals surface area contributed by atoms with Crippen molar-refractivity contribution < 1.29 is 9.90 Å². The van der Waals surface area contributed by atoms with Gasteiger partial charge in [-0.25, -0.2) is 0 Å². The van der Waals surface area contributed by atoms with E-state index < -0.39 is 11.4 Å². The largest absolute Gasteiger partial charge is 0.481 e. The van der Waals surface area contributed by atoms with Crippen LogP contribution >= 0.6 is 15.9 Å². The van der Waals surface area contributed by atoms with Gasteiger partial charge in [0.05, 0.1) is 5.41 Å². The highest BCUT2D eigenvalue weighted by molar-refractivity contribution is 9.09. The van der Waals surface area contributed by atoms with Crippen LogP contribution in [0.2, 0.25) is 0 Å². The molecule has 1 unspecified atom stereocenters. The van der Waals surface area contributed by atoms with Gasteiger partial charge in [-0.3, -0.25) is 4.79 Å². The van der Waals surface area contributed by atoms with Gasteiger partial charge in [-0.2, -0.15) is 0 Å². The Balaban J connectivity index is 4.32. The Morgan fingerprint density at radius 2 is 2.09 bits per heavy atom. The average molecular weight is 223 g/mol. The van der Waals surface area contributed by atoms with Crippen molar-refractivity contribution >= 4 is 21.9 Å². The van der Waals surface area contributed by atoms with Crippen LogP contribution in [0, 0.1) is 5.41 Å². The van der Waals surface area contributed by atoms with Gasteiger partial charge in [0, 0.05) is 5.33 Å². The molecule has 2 nitrogen and oxygen atoms in total. The Morgan fingerprint density at radius 1 is 1.55 bits per heavy atom. The minimum Gasteiger partial charge on any atom is -0.481 e. The molecule has 0 bridgehead atoms. The normalized spacial score (nSPS) is 15.9. The smallest absolute Gasteiger partial charge is 0.310 e. The number of carboxylic acid groups (broad SMARTS) is 1. The van der Waals surface area contributed by atoms with Crippen LogP contribution in [0.15, 0.2) is 0 Å². The molecule has 0 aromatic heterocycles. The summed E-state index contributed by atoms with van der Waals surface area (Å²) >= 11 is 3.25. The molecule has 0 saturated heterocycles. The van der Waals surface area contributed by atoms with Gasteiger partial charge in [0.25, 0.3) is 0 Å². The number of aliphatic carboxylic acids is 1. The van der Waals surface area contributed by atoms with Gasteiger partial charge in [0.1, 0.15) is 0 Å². The van der Waals surface area contributed by atoms with Crippen molar-refractivity contribution in [2.45, 2.75) is 33.1 Å². The lowest BCUT2D eigenvalue weighted by molar-refractivity contribution is -0.148. The quantitative estimate of drug-likeness (QED) is 0.727. The highest BCUT2D eigenvalue weighted by atomic mass is 79.9. The van der Waals surface area contributed by atoms with Crippen molar-refractivity contribution in [3.63, 3.8) is 0 Å². The second-order valence-electron chi connectivity index (χ2n) is 2.82. The van der Waals surface area contributed by atoms with Gasteiger partial charge < -0.3 is 5.11 Å². The maximum Gasteiger partial charge on any atom is 0.310 e.